The van der Waals surface area contributed by atoms with Crippen molar-refractivity contribution in [2.75, 3.05) is 26.2 Å². The van der Waals surface area contributed by atoms with Gasteiger partial charge >= 0.3 is 0 Å². The van der Waals surface area contributed by atoms with E-state index in [1.165, 1.54) is 0 Å². The monoisotopic (exact) mass is 406 g/mol. The van der Waals surface area contributed by atoms with E-state index >= 15 is 0 Å². The predicted molar refractivity (Wildman–Crippen MR) is 111 cm³/mol. The van der Waals surface area contributed by atoms with Gasteiger partial charge < -0.3 is 25.5 Å². The van der Waals surface area contributed by atoms with Gasteiger partial charge in [-0.2, -0.15) is 0 Å². The van der Waals surface area contributed by atoms with Crippen LogP contribution in [0, 0.1) is 6.92 Å². The number of aliphatic hydroxyl groups is 1. The van der Waals surface area contributed by atoms with Crippen LogP contribution in [0.25, 0.3) is 0 Å². The van der Waals surface area contributed by atoms with Crippen LogP contribution in [0.5, 0.6) is 0 Å². The first kappa shape index (κ1) is 21.8. The lowest BCUT2D eigenvalue weighted by Gasteiger charge is -2.19. The molecule has 7 nitrogen and oxygen atoms in total. The highest BCUT2D eigenvalue weighted by atomic mass is 35.5. The Kier molecular flexibility index (Phi) is 7.90. The molecule has 0 fully saturated rings. The number of hydrogen-bond donors (Lipinski definition) is 4. The van der Waals surface area contributed by atoms with Gasteiger partial charge in [0, 0.05) is 19.6 Å². The lowest BCUT2D eigenvalue weighted by atomic mass is 10.0. The molecule has 1 aromatic heterocycles. The van der Waals surface area contributed by atoms with Gasteiger partial charge in [-0.1, -0.05) is 23.7 Å². The van der Waals surface area contributed by atoms with Gasteiger partial charge in [0.25, 0.3) is 5.91 Å². The summed E-state index contributed by atoms with van der Waals surface area (Å²) in [5.74, 6) is 1.51. The summed E-state index contributed by atoms with van der Waals surface area (Å²) in [4.78, 5) is 16.5. The van der Waals surface area contributed by atoms with Crippen molar-refractivity contribution in [2.45, 2.75) is 26.4 Å². The molecule has 1 atom stereocenters. The Labute approximate surface area is 170 Å². The molecule has 152 valence electrons. The first-order chi connectivity index (χ1) is 13.3. The Morgan fingerprint density at radius 1 is 1.18 bits per heavy atom. The van der Waals surface area contributed by atoms with Crippen LogP contribution in [0.1, 0.15) is 35.7 Å². The van der Waals surface area contributed by atoms with Crippen LogP contribution < -0.4 is 16.0 Å². The second-order valence-electron chi connectivity index (χ2n) is 6.54. The molecular weight excluding hydrogens is 380 g/mol. The molecule has 0 aliphatic rings. The molecule has 1 amide bonds. The highest BCUT2D eigenvalue weighted by Crippen LogP contribution is 2.23. The van der Waals surface area contributed by atoms with Crippen LogP contribution in [0.2, 0.25) is 5.02 Å². The van der Waals surface area contributed by atoms with Crippen molar-refractivity contribution in [1.29, 1.82) is 0 Å². The minimum absolute atomic E-state index is 0.126. The zero-order chi connectivity index (χ0) is 20.6. The minimum Gasteiger partial charge on any atom is -0.463 e. The van der Waals surface area contributed by atoms with E-state index in [4.69, 9.17) is 16.0 Å². The van der Waals surface area contributed by atoms with Gasteiger partial charge in [0.15, 0.2) is 5.96 Å². The number of hydrogen-bond acceptors (Lipinski definition) is 4. The number of nitrogens with zero attached hydrogens (tertiary/aromatic N) is 1. The lowest BCUT2D eigenvalue weighted by molar-refractivity contribution is 0.0428. The SMILES string of the molecule is CCNC(=NCC(C)(O)c1ccc(C)o1)NCCNC(=O)c1ccccc1Cl. The maximum Gasteiger partial charge on any atom is 0.252 e. The number of benzene rings is 1. The van der Waals surface area contributed by atoms with Gasteiger partial charge in [-0.3, -0.25) is 4.79 Å². The van der Waals surface area contributed by atoms with Gasteiger partial charge in [0.1, 0.15) is 17.1 Å². The summed E-state index contributed by atoms with van der Waals surface area (Å²) in [5.41, 5.74) is -0.774. The van der Waals surface area contributed by atoms with Crippen LogP contribution in [0.4, 0.5) is 0 Å². The van der Waals surface area contributed by atoms with Crippen LogP contribution in [-0.2, 0) is 5.60 Å². The molecule has 0 aliphatic heterocycles. The summed E-state index contributed by atoms with van der Waals surface area (Å²) in [6, 6.07) is 10.4. The third-order valence-corrected chi connectivity index (χ3v) is 4.31. The summed E-state index contributed by atoms with van der Waals surface area (Å²) >= 11 is 6.02. The molecule has 1 heterocycles. The number of nitrogens with one attached hydrogen (secondary N) is 3. The van der Waals surface area contributed by atoms with Gasteiger partial charge in [-0.15, -0.1) is 0 Å². The van der Waals surface area contributed by atoms with Crippen molar-refractivity contribution < 1.29 is 14.3 Å². The Balaban J connectivity index is 1.86. The molecule has 0 saturated carbocycles. The van der Waals surface area contributed by atoms with Crippen molar-refractivity contribution in [3.8, 4) is 0 Å². The van der Waals surface area contributed by atoms with E-state index in [1.807, 2.05) is 13.8 Å². The quantitative estimate of drug-likeness (QED) is 0.306. The Morgan fingerprint density at radius 3 is 2.54 bits per heavy atom. The summed E-state index contributed by atoms with van der Waals surface area (Å²) in [7, 11) is 0. The van der Waals surface area contributed by atoms with Crippen LogP contribution in [0.15, 0.2) is 45.8 Å². The number of furan rings is 1. The molecule has 8 heteroatoms. The van der Waals surface area contributed by atoms with Crippen molar-refractivity contribution >= 4 is 23.5 Å². The number of rotatable bonds is 8. The second-order valence-corrected chi connectivity index (χ2v) is 6.95. The summed E-state index contributed by atoms with van der Waals surface area (Å²) < 4.78 is 5.50. The van der Waals surface area contributed by atoms with Gasteiger partial charge in [0.05, 0.1) is 17.1 Å². The smallest absolute Gasteiger partial charge is 0.252 e. The fourth-order valence-corrected chi connectivity index (χ4v) is 2.70. The zero-order valence-electron chi connectivity index (χ0n) is 16.4. The minimum atomic E-state index is -1.21. The van der Waals surface area contributed by atoms with Gasteiger partial charge in [-0.25, -0.2) is 4.99 Å². The third kappa shape index (κ3) is 6.28. The maximum absolute atomic E-state index is 12.1. The zero-order valence-corrected chi connectivity index (χ0v) is 17.1. The number of amides is 1. The molecule has 0 saturated heterocycles. The van der Waals surface area contributed by atoms with E-state index in [0.717, 1.165) is 5.76 Å². The molecule has 0 aliphatic carbocycles. The van der Waals surface area contributed by atoms with Crippen molar-refractivity contribution in [3.63, 3.8) is 0 Å². The number of aliphatic imine (C=N–C) groups is 1. The largest absolute Gasteiger partial charge is 0.463 e. The van der Waals surface area contributed by atoms with E-state index in [-0.39, 0.29) is 12.5 Å². The molecule has 2 aromatic rings. The molecule has 1 unspecified atom stereocenters. The second kappa shape index (κ2) is 10.1. The summed E-state index contributed by atoms with van der Waals surface area (Å²) in [5, 5.41) is 20.0. The van der Waals surface area contributed by atoms with E-state index in [9.17, 15) is 9.90 Å². The number of aryl methyl sites for hydroxylation is 1. The first-order valence-corrected chi connectivity index (χ1v) is 9.55. The standard InChI is InChI=1S/C20H27ClN4O3/c1-4-22-19(25-13-20(3,27)17-10-9-14(2)28-17)24-12-11-23-18(26)15-7-5-6-8-16(15)21/h5-10,27H,4,11-13H2,1-3H3,(H,23,26)(H2,22,24,25). The molecule has 0 radical (unpaired) electrons. The highest BCUT2D eigenvalue weighted by molar-refractivity contribution is 6.33. The molecule has 0 spiro atoms. The van der Waals surface area contributed by atoms with Crippen molar-refractivity contribution in [3.05, 3.63) is 58.5 Å². The molecule has 4 N–H and O–H groups in total. The average Bonchev–Trinajstić information content (AvgIpc) is 3.10. The summed E-state index contributed by atoms with van der Waals surface area (Å²) in [6.45, 7) is 7.07. The Morgan fingerprint density at radius 2 is 1.89 bits per heavy atom. The average molecular weight is 407 g/mol. The summed E-state index contributed by atoms with van der Waals surface area (Å²) in [6.07, 6.45) is 0. The molecule has 2 rings (SSSR count). The first-order valence-electron chi connectivity index (χ1n) is 9.17. The maximum atomic E-state index is 12.1. The molecule has 1 aromatic carbocycles. The third-order valence-electron chi connectivity index (χ3n) is 3.98. The van der Waals surface area contributed by atoms with E-state index in [1.54, 1.807) is 43.3 Å². The van der Waals surface area contributed by atoms with Crippen molar-refractivity contribution in [2.24, 2.45) is 4.99 Å². The Bertz CT molecular complexity index is 817. The topological polar surface area (TPSA) is 98.9 Å². The highest BCUT2D eigenvalue weighted by Gasteiger charge is 2.26. The van der Waals surface area contributed by atoms with Crippen LogP contribution >= 0.6 is 11.6 Å². The number of halogens is 1. The normalized spacial score (nSPS) is 13.7. The number of carbonyl (C=O) groups is 1. The molecular formula is C20H27ClN4O3. The lowest BCUT2D eigenvalue weighted by Crippen LogP contribution is -2.42. The number of guanidine groups is 1. The predicted octanol–water partition coefficient (Wildman–Crippen LogP) is 2.43. The molecule has 0 bridgehead atoms. The number of carbonyl (C=O) groups excluding carboxylic acids is 1. The van der Waals surface area contributed by atoms with E-state index < -0.39 is 5.60 Å². The van der Waals surface area contributed by atoms with Gasteiger partial charge in [0.2, 0.25) is 0 Å². The van der Waals surface area contributed by atoms with Crippen LogP contribution in [0.3, 0.4) is 0 Å². The van der Waals surface area contributed by atoms with Crippen LogP contribution in [-0.4, -0.2) is 43.2 Å². The van der Waals surface area contributed by atoms with Gasteiger partial charge in [-0.05, 0) is 45.0 Å². The van der Waals surface area contributed by atoms with E-state index in [2.05, 4.69) is 20.9 Å². The Hall–Kier alpha value is -2.51. The molecule has 28 heavy (non-hydrogen) atoms. The van der Waals surface area contributed by atoms with Crippen molar-refractivity contribution in [1.82, 2.24) is 16.0 Å². The van der Waals surface area contributed by atoms with E-state index in [0.29, 0.717) is 41.9 Å². The fraction of sp³-hybridized carbons (Fsp3) is 0.400. The fourth-order valence-electron chi connectivity index (χ4n) is 2.47.